The molecule has 0 aliphatic rings. The van der Waals surface area contributed by atoms with Crippen molar-refractivity contribution in [2.24, 2.45) is 10.1 Å². The van der Waals surface area contributed by atoms with Gasteiger partial charge >= 0.3 is 0 Å². The lowest BCUT2D eigenvalue weighted by Crippen LogP contribution is -2.19. The molecule has 1 aromatic heterocycles. The van der Waals surface area contributed by atoms with Crippen molar-refractivity contribution in [1.29, 1.82) is 0 Å². The standard InChI is InChI=1S/C26H26N4O4S/c1-18(28-17-16-19-8-14-23(15-9-19)35(27,32)33)24-25(20-6-4-3-5-7-20)29-30(26(24)31)21-10-12-22(34-2)13-11-21/h3-15,29H,16-17H2,1-2H3,(H2,27,32,33). The summed E-state index contributed by atoms with van der Waals surface area (Å²) in [6.45, 7) is 2.25. The third-order valence-corrected chi connectivity index (χ3v) is 6.58. The number of H-pyrrole nitrogens is 1. The molecule has 0 spiro atoms. The van der Waals surface area contributed by atoms with Crippen LogP contribution in [0.4, 0.5) is 0 Å². The van der Waals surface area contributed by atoms with Crippen LogP contribution in [-0.4, -0.2) is 37.6 Å². The number of primary sulfonamides is 1. The largest absolute Gasteiger partial charge is 0.497 e. The van der Waals surface area contributed by atoms with Crippen LogP contribution in [0.15, 0.2) is 93.5 Å². The topological polar surface area (TPSA) is 120 Å². The van der Waals surface area contributed by atoms with Crippen LogP contribution in [0.5, 0.6) is 5.75 Å². The summed E-state index contributed by atoms with van der Waals surface area (Å²) in [5.74, 6) is 0.701. The predicted molar refractivity (Wildman–Crippen MR) is 137 cm³/mol. The van der Waals surface area contributed by atoms with Crippen molar-refractivity contribution >= 4 is 15.7 Å². The summed E-state index contributed by atoms with van der Waals surface area (Å²) >= 11 is 0. The van der Waals surface area contributed by atoms with E-state index in [1.54, 1.807) is 31.4 Å². The highest BCUT2D eigenvalue weighted by Crippen LogP contribution is 2.22. The molecule has 0 amide bonds. The monoisotopic (exact) mass is 490 g/mol. The molecule has 0 fully saturated rings. The minimum atomic E-state index is -3.73. The number of hydrogen-bond donors (Lipinski definition) is 2. The summed E-state index contributed by atoms with van der Waals surface area (Å²) in [4.78, 5) is 18.2. The zero-order valence-corrected chi connectivity index (χ0v) is 20.2. The SMILES string of the molecule is COc1ccc(-n2[nH]c(-c3ccccc3)c(C(C)=NCCc3ccc(S(N)(=O)=O)cc3)c2=O)cc1. The number of benzene rings is 3. The molecule has 1 heterocycles. The number of ether oxygens (including phenoxy) is 1. The highest BCUT2D eigenvalue weighted by Gasteiger charge is 2.19. The Morgan fingerprint density at radius 1 is 1.00 bits per heavy atom. The van der Waals surface area contributed by atoms with Gasteiger partial charge in [0.05, 0.1) is 29.0 Å². The number of methoxy groups -OCH3 is 1. The lowest BCUT2D eigenvalue weighted by Gasteiger charge is -2.04. The quantitative estimate of drug-likeness (QED) is 0.367. The van der Waals surface area contributed by atoms with Gasteiger partial charge in [0.2, 0.25) is 10.0 Å². The minimum absolute atomic E-state index is 0.0693. The molecule has 8 nitrogen and oxygen atoms in total. The lowest BCUT2D eigenvalue weighted by atomic mass is 10.1. The molecule has 0 bridgehead atoms. The summed E-state index contributed by atoms with van der Waals surface area (Å²) in [6, 6.07) is 23.2. The highest BCUT2D eigenvalue weighted by atomic mass is 32.2. The maximum atomic E-state index is 13.5. The van der Waals surface area contributed by atoms with E-state index in [4.69, 9.17) is 9.88 Å². The van der Waals surface area contributed by atoms with Gasteiger partial charge in [0.25, 0.3) is 5.56 Å². The van der Waals surface area contributed by atoms with E-state index in [0.717, 1.165) is 11.1 Å². The normalized spacial score (nSPS) is 12.0. The van der Waals surface area contributed by atoms with Gasteiger partial charge in [-0.3, -0.25) is 14.9 Å². The smallest absolute Gasteiger partial charge is 0.280 e. The molecule has 0 saturated carbocycles. The van der Waals surface area contributed by atoms with Crippen LogP contribution in [0.1, 0.15) is 18.1 Å². The molecule has 4 rings (SSSR count). The Kier molecular flexibility index (Phi) is 6.99. The average Bonchev–Trinajstić information content (AvgIpc) is 3.21. The zero-order valence-electron chi connectivity index (χ0n) is 19.4. The number of sulfonamides is 1. The van der Waals surface area contributed by atoms with Crippen LogP contribution >= 0.6 is 0 Å². The van der Waals surface area contributed by atoms with Gasteiger partial charge in [-0.25, -0.2) is 18.2 Å². The Morgan fingerprint density at radius 2 is 1.66 bits per heavy atom. The molecule has 180 valence electrons. The summed E-state index contributed by atoms with van der Waals surface area (Å²) in [7, 11) is -2.13. The number of aromatic nitrogens is 2. The van der Waals surface area contributed by atoms with Gasteiger partial charge in [-0.05, 0) is 55.3 Å². The van der Waals surface area contributed by atoms with E-state index in [0.29, 0.717) is 41.4 Å². The first-order valence-corrected chi connectivity index (χ1v) is 12.5. The first kappa shape index (κ1) is 24.2. The Hall–Kier alpha value is -3.95. The van der Waals surface area contributed by atoms with Crippen molar-refractivity contribution in [2.75, 3.05) is 13.7 Å². The van der Waals surface area contributed by atoms with E-state index in [-0.39, 0.29) is 10.5 Å². The first-order valence-electron chi connectivity index (χ1n) is 11.0. The summed E-state index contributed by atoms with van der Waals surface area (Å²) in [5.41, 5.74) is 4.07. The van der Waals surface area contributed by atoms with Crippen molar-refractivity contribution in [1.82, 2.24) is 9.78 Å². The van der Waals surface area contributed by atoms with E-state index in [1.807, 2.05) is 49.4 Å². The fourth-order valence-electron chi connectivity index (χ4n) is 3.78. The van der Waals surface area contributed by atoms with Crippen molar-refractivity contribution < 1.29 is 13.2 Å². The van der Waals surface area contributed by atoms with Gasteiger partial charge in [0.15, 0.2) is 0 Å². The third kappa shape index (κ3) is 5.42. The van der Waals surface area contributed by atoms with Crippen molar-refractivity contribution in [3.8, 4) is 22.7 Å². The Balaban J connectivity index is 1.65. The van der Waals surface area contributed by atoms with E-state index < -0.39 is 10.0 Å². The average molecular weight is 491 g/mol. The summed E-state index contributed by atoms with van der Waals surface area (Å²) < 4.78 is 29.6. The molecular formula is C26H26N4O4S. The Bertz CT molecular complexity index is 1500. The van der Waals surface area contributed by atoms with Crippen LogP contribution in [0.25, 0.3) is 16.9 Å². The lowest BCUT2D eigenvalue weighted by molar-refractivity contribution is 0.414. The molecule has 0 aliphatic carbocycles. The molecule has 0 unspecified atom stereocenters. The molecule has 4 aromatic rings. The molecule has 0 radical (unpaired) electrons. The Morgan fingerprint density at radius 3 is 2.26 bits per heavy atom. The molecule has 0 saturated heterocycles. The van der Waals surface area contributed by atoms with Gasteiger partial charge in [-0.2, -0.15) is 0 Å². The number of nitrogens with zero attached hydrogens (tertiary/aromatic N) is 2. The molecule has 9 heteroatoms. The number of aromatic amines is 1. The van der Waals surface area contributed by atoms with Crippen molar-refractivity contribution in [3.63, 3.8) is 0 Å². The molecule has 0 aliphatic heterocycles. The van der Waals surface area contributed by atoms with E-state index >= 15 is 0 Å². The molecule has 3 aromatic carbocycles. The molecular weight excluding hydrogens is 464 g/mol. The number of rotatable bonds is 8. The van der Waals surface area contributed by atoms with Crippen molar-refractivity contribution in [2.45, 2.75) is 18.2 Å². The number of hydrogen-bond acceptors (Lipinski definition) is 5. The number of nitrogens with one attached hydrogen (secondary N) is 1. The van der Waals surface area contributed by atoms with Gasteiger partial charge < -0.3 is 4.74 Å². The van der Waals surface area contributed by atoms with E-state index in [9.17, 15) is 13.2 Å². The van der Waals surface area contributed by atoms with Crippen LogP contribution in [0, 0.1) is 0 Å². The number of aliphatic imine (C=N–C) groups is 1. The number of nitrogens with two attached hydrogens (primary N) is 1. The summed E-state index contributed by atoms with van der Waals surface area (Å²) in [6.07, 6.45) is 0.583. The fraction of sp³-hybridized carbons (Fsp3) is 0.154. The first-order chi connectivity index (χ1) is 16.8. The summed E-state index contributed by atoms with van der Waals surface area (Å²) in [5, 5.41) is 8.40. The Labute approximate surface area is 203 Å². The predicted octanol–water partition coefficient (Wildman–Crippen LogP) is 3.54. The second-order valence-electron chi connectivity index (χ2n) is 7.97. The molecule has 35 heavy (non-hydrogen) atoms. The maximum absolute atomic E-state index is 13.5. The zero-order chi connectivity index (χ0) is 25.0. The van der Waals surface area contributed by atoms with Gasteiger partial charge in [-0.1, -0.05) is 42.5 Å². The van der Waals surface area contributed by atoms with E-state index in [2.05, 4.69) is 10.1 Å². The maximum Gasteiger partial charge on any atom is 0.280 e. The van der Waals surface area contributed by atoms with Crippen LogP contribution < -0.4 is 15.4 Å². The highest BCUT2D eigenvalue weighted by molar-refractivity contribution is 7.89. The van der Waals surface area contributed by atoms with Gasteiger partial charge in [0, 0.05) is 17.8 Å². The van der Waals surface area contributed by atoms with Crippen LogP contribution in [0.3, 0.4) is 0 Å². The van der Waals surface area contributed by atoms with Crippen molar-refractivity contribution in [3.05, 3.63) is 100 Å². The second kappa shape index (κ2) is 10.1. The fourth-order valence-corrected chi connectivity index (χ4v) is 4.29. The van der Waals surface area contributed by atoms with Gasteiger partial charge in [0.1, 0.15) is 5.75 Å². The minimum Gasteiger partial charge on any atom is -0.497 e. The molecule has 0 atom stereocenters. The van der Waals surface area contributed by atoms with Gasteiger partial charge in [-0.15, -0.1) is 0 Å². The second-order valence-corrected chi connectivity index (χ2v) is 9.53. The molecule has 3 N–H and O–H groups in total. The van der Waals surface area contributed by atoms with E-state index in [1.165, 1.54) is 16.8 Å². The van der Waals surface area contributed by atoms with Crippen LogP contribution in [-0.2, 0) is 16.4 Å². The van der Waals surface area contributed by atoms with Crippen LogP contribution in [0.2, 0.25) is 0 Å². The third-order valence-electron chi connectivity index (χ3n) is 5.65.